The molecule has 0 aliphatic heterocycles. The topological polar surface area (TPSA) is 120 Å². The Hall–Kier alpha value is -4.01. The number of furan rings is 1. The number of rotatable bonds is 6. The Kier molecular flexibility index (Phi) is 5.40. The van der Waals surface area contributed by atoms with E-state index < -0.39 is 27.1 Å². The summed E-state index contributed by atoms with van der Waals surface area (Å²) >= 11 is 0. The molecule has 0 saturated heterocycles. The van der Waals surface area contributed by atoms with E-state index in [4.69, 9.17) is 4.42 Å². The molecule has 0 unspecified atom stereocenters. The van der Waals surface area contributed by atoms with Gasteiger partial charge >= 0.3 is 0 Å². The predicted molar refractivity (Wildman–Crippen MR) is 105 cm³/mol. The standard InChI is InChI=1S/C20H17N3O6/c1-13-5-7-15(8-6-13)21(12-17-4-3-9-29-17)20(24)18-10-16(22(25)26)11-19(14(18)2)23(27)28/h3-11H,12H2,1-2H3. The SMILES string of the molecule is Cc1ccc(N(Cc2ccco2)C(=O)c2cc([N+](=O)[O-])cc([N+](=O)[O-])c2C)cc1. The first-order valence-corrected chi connectivity index (χ1v) is 8.62. The normalized spacial score (nSPS) is 10.6. The summed E-state index contributed by atoms with van der Waals surface area (Å²) in [6.45, 7) is 3.36. The highest BCUT2D eigenvalue weighted by Crippen LogP contribution is 2.30. The molecule has 9 nitrogen and oxygen atoms in total. The molecule has 0 atom stereocenters. The number of amides is 1. The van der Waals surface area contributed by atoms with Gasteiger partial charge in [-0.1, -0.05) is 17.7 Å². The van der Waals surface area contributed by atoms with Gasteiger partial charge in [-0.25, -0.2) is 0 Å². The quantitative estimate of drug-likeness (QED) is 0.446. The largest absolute Gasteiger partial charge is 0.467 e. The van der Waals surface area contributed by atoms with Crippen LogP contribution >= 0.6 is 0 Å². The number of aryl methyl sites for hydroxylation is 1. The summed E-state index contributed by atoms with van der Waals surface area (Å²) < 4.78 is 5.34. The smallest absolute Gasteiger partial charge is 0.279 e. The number of nitrogens with zero attached hydrogens (tertiary/aromatic N) is 3. The average molecular weight is 395 g/mol. The van der Waals surface area contributed by atoms with Crippen molar-refractivity contribution in [3.05, 3.63) is 97.5 Å². The van der Waals surface area contributed by atoms with E-state index in [0.717, 1.165) is 17.7 Å². The molecule has 3 rings (SSSR count). The van der Waals surface area contributed by atoms with Crippen molar-refractivity contribution in [2.75, 3.05) is 4.90 Å². The maximum atomic E-state index is 13.4. The van der Waals surface area contributed by atoms with Gasteiger partial charge in [-0.05, 0) is 38.1 Å². The second kappa shape index (κ2) is 7.93. The lowest BCUT2D eigenvalue weighted by Crippen LogP contribution is -2.31. The highest BCUT2D eigenvalue weighted by Gasteiger charge is 2.28. The molecule has 0 aliphatic carbocycles. The molecular formula is C20H17N3O6. The first-order chi connectivity index (χ1) is 13.8. The van der Waals surface area contributed by atoms with Gasteiger partial charge < -0.3 is 9.32 Å². The number of hydrogen-bond acceptors (Lipinski definition) is 6. The molecule has 148 valence electrons. The van der Waals surface area contributed by atoms with Crippen molar-refractivity contribution in [3.8, 4) is 0 Å². The van der Waals surface area contributed by atoms with Gasteiger partial charge in [0.2, 0.25) is 0 Å². The number of nitro benzene ring substituents is 2. The first kappa shape index (κ1) is 19.7. The van der Waals surface area contributed by atoms with E-state index in [-0.39, 0.29) is 17.7 Å². The summed E-state index contributed by atoms with van der Waals surface area (Å²) in [5.74, 6) is -0.105. The maximum Gasteiger partial charge on any atom is 0.279 e. The third-order valence-electron chi connectivity index (χ3n) is 4.49. The number of hydrogen-bond donors (Lipinski definition) is 0. The Bertz CT molecular complexity index is 1070. The minimum absolute atomic E-state index is 0.0576. The summed E-state index contributed by atoms with van der Waals surface area (Å²) in [7, 11) is 0. The molecule has 1 heterocycles. The fraction of sp³-hybridized carbons (Fsp3) is 0.150. The number of non-ortho nitro benzene ring substituents is 1. The van der Waals surface area contributed by atoms with E-state index >= 15 is 0 Å². The van der Waals surface area contributed by atoms with Crippen molar-refractivity contribution in [2.45, 2.75) is 20.4 Å². The van der Waals surface area contributed by atoms with Gasteiger partial charge in [0.25, 0.3) is 17.3 Å². The third kappa shape index (κ3) is 4.13. The third-order valence-corrected chi connectivity index (χ3v) is 4.49. The van der Waals surface area contributed by atoms with Crippen LogP contribution < -0.4 is 4.90 Å². The van der Waals surface area contributed by atoms with Crippen LogP contribution in [0.3, 0.4) is 0 Å². The Labute approximate surface area is 165 Å². The Balaban J connectivity index is 2.13. The number of anilines is 1. The van der Waals surface area contributed by atoms with Crippen molar-refractivity contribution in [3.63, 3.8) is 0 Å². The molecule has 0 aliphatic rings. The molecule has 9 heteroatoms. The van der Waals surface area contributed by atoms with Gasteiger partial charge in [0.1, 0.15) is 5.76 Å². The fourth-order valence-electron chi connectivity index (χ4n) is 2.91. The van der Waals surface area contributed by atoms with E-state index in [1.807, 2.05) is 19.1 Å². The number of carbonyl (C=O) groups excluding carboxylic acids is 1. The molecule has 2 aromatic carbocycles. The summed E-state index contributed by atoms with van der Waals surface area (Å²) in [5, 5.41) is 22.6. The van der Waals surface area contributed by atoms with Gasteiger partial charge in [-0.15, -0.1) is 0 Å². The predicted octanol–water partition coefficient (Wildman–Crippen LogP) is 4.56. The van der Waals surface area contributed by atoms with Crippen LogP contribution in [0.5, 0.6) is 0 Å². The summed E-state index contributed by atoms with van der Waals surface area (Å²) in [6.07, 6.45) is 1.47. The lowest BCUT2D eigenvalue weighted by Gasteiger charge is -2.23. The van der Waals surface area contributed by atoms with Crippen LogP contribution in [-0.4, -0.2) is 15.8 Å². The number of nitro groups is 2. The van der Waals surface area contributed by atoms with Gasteiger partial charge in [0, 0.05) is 17.3 Å². The highest BCUT2D eigenvalue weighted by molar-refractivity contribution is 6.08. The van der Waals surface area contributed by atoms with Crippen molar-refractivity contribution >= 4 is 23.0 Å². The monoisotopic (exact) mass is 395 g/mol. The second-order valence-corrected chi connectivity index (χ2v) is 6.46. The average Bonchev–Trinajstić information content (AvgIpc) is 3.19. The number of carbonyl (C=O) groups is 1. The zero-order chi connectivity index (χ0) is 21.1. The molecule has 1 aromatic heterocycles. The second-order valence-electron chi connectivity index (χ2n) is 6.46. The van der Waals surface area contributed by atoms with Crippen molar-refractivity contribution in [2.24, 2.45) is 0 Å². The van der Waals surface area contributed by atoms with Gasteiger partial charge in [-0.2, -0.15) is 0 Å². The summed E-state index contributed by atoms with van der Waals surface area (Å²) in [4.78, 5) is 35.8. The van der Waals surface area contributed by atoms with E-state index in [9.17, 15) is 25.0 Å². The van der Waals surface area contributed by atoms with E-state index in [2.05, 4.69) is 0 Å². The zero-order valence-electron chi connectivity index (χ0n) is 15.7. The minimum atomic E-state index is -0.758. The van der Waals surface area contributed by atoms with E-state index in [1.165, 1.54) is 18.1 Å². The van der Waals surface area contributed by atoms with Crippen molar-refractivity contribution in [1.82, 2.24) is 0 Å². The molecule has 0 bridgehead atoms. The van der Waals surface area contributed by atoms with Crippen LogP contribution in [0.25, 0.3) is 0 Å². The van der Waals surface area contributed by atoms with Crippen LogP contribution in [0, 0.1) is 34.1 Å². The first-order valence-electron chi connectivity index (χ1n) is 8.62. The van der Waals surface area contributed by atoms with Crippen molar-refractivity contribution in [1.29, 1.82) is 0 Å². The van der Waals surface area contributed by atoms with Gasteiger partial charge in [0.15, 0.2) is 0 Å². The van der Waals surface area contributed by atoms with Gasteiger partial charge in [0.05, 0.1) is 34.3 Å². The molecule has 3 aromatic rings. The maximum absolute atomic E-state index is 13.4. The molecule has 0 radical (unpaired) electrons. The highest BCUT2D eigenvalue weighted by atomic mass is 16.6. The Morgan fingerprint density at radius 1 is 1.03 bits per heavy atom. The molecule has 0 spiro atoms. The zero-order valence-corrected chi connectivity index (χ0v) is 15.7. The number of benzene rings is 2. The molecule has 0 N–H and O–H groups in total. The molecule has 1 amide bonds. The van der Waals surface area contributed by atoms with Crippen LogP contribution in [0.4, 0.5) is 17.1 Å². The molecule has 29 heavy (non-hydrogen) atoms. The van der Waals surface area contributed by atoms with Crippen LogP contribution in [0.15, 0.2) is 59.2 Å². The fourth-order valence-corrected chi connectivity index (χ4v) is 2.91. The molecule has 0 saturated carbocycles. The molecular weight excluding hydrogens is 378 g/mol. The van der Waals surface area contributed by atoms with Crippen LogP contribution in [-0.2, 0) is 6.54 Å². The van der Waals surface area contributed by atoms with Crippen LogP contribution in [0.1, 0.15) is 27.2 Å². The Morgan fingerprint density at radius 3 is 2.28 bits per heavy atom. The summed E-state index contributed by atoms with van der Waals surface area (Å²) in [6, 6.07) is 12.4. The van der Waals surface area contributed by atoms with E-state index in [0.29, 0.717) is 11.4 Å². The lowest BCUT2D eigenvalue weighted by molar-refractivity contribution is -0.394. The van der Waals surface area contributed by atoms with E-state index in [1.54, 1.807) is 24.3 Å². The Morgan fingerprint density at radius 2 is 1.72 bits per heavy atom. The summed E-state index contributed by atoms with van der Waals surface area (Å²) in [5.41, 5.74) is 0.462. The van der Waals surface area contributed by atoms with Crippen LogP contribution in [0.2, 0.25) is 0 Å². The lowest BCUT2D eigenvalue weighted by atomic mass is 10.0. The van der Waals surface area contributed by atoms with Crippen molar-refractivity contribution < 1.29 is 19.1 Å². The van der Waals surface area contributed by atoms with Gasteiger partial charge in [-0.3, -0.25) is 25.0 Å². The molecule has 0 fully saturated rings. The minimum Gasteiger partial charge on any atom is -0.467 e.